The van der Waals surface area contributed by atoms with E-state index in [1.165, 1.54) is 0 Å². The Bertz CT molecular complexity index is 571. The van der Waals surface area contributed by atoms with Gasteiger partial charge in [-0.2, -0.15) is 0 Å². The predicted molar refractivity (Wildman–Crippen MR) is 94.7 cm³/mol. The van der Waals surface area contributed by atoms with Crippen LogP contribution in [0.2, 0.25) is 0 Å². The molecule has 0 saturated carbocycles. The van der Waals surface area contributed by atoms with Crippen molar-refractivity contribution in [3.63, 3.8) is 0 Å². The molecule has 13 nitrogen and oxygen atoms in total. The van der Waals surface area contributed by atoms with Gasteiger partial charge in [-0.1, -0.05) is 0 Å². The quantitative estimate of drug-likeness (QED) is 0.131. The van der Waals surface area contributed by atoms with Crippen molar-refractivity contribution in [2.24, 2.45) is 11.5 Å². The average molecular weight is 405 g/mol. The summed E-state index contributed by atoms with van der Waals surface area (Å²) >= 11 is 0. The summed E-state index contributed by atoms with van der Waals surface area (Å²) in [6.07, 6.45) is 0.312. The molecule has 3 atom stereocenters. The van der Waals surface area contributed by atoms with E-state index in [4.69, 9.17) is 26.8 Å². The van der Waals surface area contributed by atoms with Crippen LogP contribution >= 0.6 is 0 Å². The SMILES string of the molecule is NCCCCC(NC(=O)C(CC(=O)O)NC(=O)C(N)CO)C(=O)NCC(=O)O. The van der Waals surface area contributed by atoms with Crippen LogP contribution in [-0.4, -0.2) is 82.8 Å². The second-order valence-electron chi connectivity index (χ2n) is 5.91. The van der Waals surface area contributed by atoms with Crippen molar-refractivity contribution in [2.75, 3.05) is 19.7 Å². The molecule has 3 amide bonds. The summed E-state index contributed by atoms with van der Waals surface area (Å²) in [5.41, 5.74) is 10.7. The average Bonchev–Trinajstić information content (AvgIpc) is 2.63. The second kappa shape index (κ2) is 13.4. The smallest absolute Gasteiger partial charge is 0.322 e. The highest BCUT2D eigenvalue weighted by molar-refractivity contribution is 5.95. The lowest BCUT2D eigenvalue weighted by molar-refractivity contribution is -0.141. The van der Waals surface area contributed by atoms with E-state index < -0.39 is 67.4 Å². The molecule has 0 radical (unpaired) electrons. The molecule has 0 aliphatic rings. The van der Waals surface area contributed by atoms with E-state index in [2.05, 4.69) is 16.0 Å². The molecule has 10 N–H and O–H groups in total. The molecule has 0 bridgehead atoms. The Morgan fingerprint density at radius 2 is 1.46 bits per heavy atom. The molecule has 0 aliphatic heterocycles. The minimum Gasteiger partial charge on any atom is -0.481 e. The van der Waals surface area contributed by atoms with Gasteiger partial charge in [0.15, 0.2) is 0 Å². The lowest BCUT2D eigenvalue weighted by Gasteiger charge is -2.23. The Hall–Kier alpha value is -2.77. The number of carbonyl (C=O) groups excluding carboxylic acids is 3. The molecule has 0 saturated heterocycles. The summed E-state index contributed by atoms with van der Waals surface area (Å²) in [7, 11) is 0. The minimum atomic E-state index is -1.55. The van der Waals surface area contributed by atoms with Crippen LogP contribution in [0.15, 0.2) is 0 Å². The van der Waals surface area contributed by atoms with Crippen LogP contribution in [0.3, 0.4) is 0 Å². The normalized spacial score (nSPS) is 13.7. The number of carboxylic acids is 2. The zero-order chi connectivity index (χ0) is 21.7. The number of aliphatic hydroxyl groups is 1. The van der Waals surface area contributed by atoms with E-state index in [-0.39, 0.29) is 6.42 Å². The molecular formula is C15H27N5O8. The fraction of sp³-hybridized carbons (Fsp3) is 0.667. The van der Waals surface area contributed by atoms with Crippen molar-refractivity contribution in [2.45, 2.75) is 43.8 Å². The van der Waals surface area contributed by atoms with Crippen LogP contribution in [0, 0.1) is 0 Å². The molecule has 0 aromatic rings. The number of aliphatic carboxylic acids is 2. The third-order valence-electron chi connectivity index (χ3n) is 3.54. The summed E-state index contributed by atoms with van der Waals surface area (Å²) in [6, 6.07) is -4.06. The fourth-order valence-electron chi connectivity index (χ4n) is 2.07. The van der Waals surface area contributed by atoms with Crippen LogP contribution in [0.1, 0.15) is 25.7 Å². The first kappa shape index (κ1) is 25.2. The van der Waals surface area contributed by atoms with Crippen molar-refractivity contribution in [3.05, 3.63) is 0 Å². The fourth-order valence-corrected chi connectivity index (χ4v) is 2.07. The van der Waals surface area contributed by atoms with Crippen LogP contribution in [-0.2, 0) is 24.0 Å². The monoisotopic (exact) mass is 405 g/mol. The number of carboxylic acid groups (broad SMARTS) is 2. The number of unbranched alkanes of at least 4 members (excludes halogenated alkanes) is 1. The van der Waals surface area contributed by atoms with Gasteiger partial charge in [-0.05, 0) is 25.8 Å². The van der Waals surface area contributed by atoms with Gasteiger partial charge in [0, 0.05) is 0 Å². The molecule has 0 aromatic heterocycles. The Balaban J connectivity index is 5.18. The molecule has 28 heavy (non-hydrogen) atoms. The lowest BCUT2D eigenvalue weighted by Crippen LogP contribution is -2.56. The van der Waals surface area contributed by atoms with Crippen molar-refractivity contribution >= 4 is 29.7 Å². The lowest BCUT2D eigenvalue weighted by atomic mass is 10.1. The highest BCUT2D eigenvalue weighted by Crippen LogP contribution is 2.03. The first-order valence-corrected chi connectivity index (χ1v) is 8.50. The largest absolute Gasteiger partial charge is 0.481 e. The summed E-state index contributed by atoms with van der Waals surface area (Å²) in [4.78, 5) is 57.8. The maximum Gasteiger partial charge on any atom is 0.322 e. The van der Waals surface area contributed by atoms with Crippen molar-refractivity contribution < 1.29 is 39.3 Å². The van der Waals surface area contributed by atoms with Gasteiger partial charge >= 0.3 is 11.9 Å². The van der Waals surface area contributed by atoms with Gasteiger partial charge in [-0.3, -0.25) is 24.0 Å². The van der Waals surface area contributed by atoms with Gasteiger partial charge in [-0.15, -0.1) is 0 Å². The number of nitrogens with one attached hydrogen (secondary N) is 3. The van der Waals surface area contributed by atoms with E-state index in [1.807, 2.05) is 0 Å². The van der Waals surface area contributed by atoms with Gasteiger partial charge in [0.1, 0.15) is 24.7 Å². The Morgan fingerprint density at radius 1 is 0.857 bits per heavy atom. The minimum absolute atomic E-state index is 0.123. The van der Waals surface area contributed by atoms with Crippen molar-refractivity contribution in [1.82, 2.24) is 16.0 Å². The number of nitrogens with two attached hydrogens (primary N) is 2. The zero-order valence-electron chi connectivity index (χ0n) is 15.2. The number of hydrogen-bond donors (Lipinski definition) is 8. The Kier molecular flexibility index (Phi) is 12.1. The molecule has 160 valence electrons. The number of amides is 3. The van der Waals surface area contributed by atoms with Crippen molar-refractivity contribution in [3.8, 4) is 0 Å². The Labute approximate surface area is 160 Å². The molecular weight excluding hydrogens is 378 g/mol. The molecule has 13 heteroatoms. The first-order valence-electron chi connectivity index (χ1n) is 8.50. The third-order valence-corrected chi connectivity index (χ3v) is 3.54. The molecule has 0 heterocycles. The van der Waals surface area contributed by atoms with Crippen LogP contribution in [0.4, 0.5) is 0 Å². The molecule has 0 rings (SSSR count). The summed E-state index contributed by atoms with van der Waals surface area (Å²) in [5, 5.41) is 33.0. The van der Waals surface area contributed by atoms with E-state index in [0.717, 1.165) is 0 Å². The molecule has 0 spiro atoms. The maximum atomic E-state index is 12.4. The second-order valence-corrected chi connectivity index (χ2v) is 5.91. The number of carbonyl (C=O) groups is 5. The van der Waals surface area contributed by atoms with Crippen LogP contribution < -0.4 is 27.4 Å². The van der Waals surface area contributed by atoms with Crippen LogP contribution in [0.25, 0.3) is 0 Å². The highest BCUT2D eigenvalue weighted by Gasteiger charge is 2.29. The van der Waals surface area contributed by atoms with Gasteiger partial charge in [0.05, 0.1) is 13.0 Å². The zero-order valence-corrected chi connectivity index (χ0v) is 15.2. The van der Waals surface area contributed by atoms with Gasteiger partial charge in [-0.25, -0.2) is 0 Å². The predicted octanol–water partition coefficient (Wildman–Crippen LogP) is -3.92. The van der Waals surface area contributed by atoms with Gasteiger partial charge in [0.25, 0.3) is 0 Å². The molecule has 0 aliphatic carbocycles. The first-order chi connectivity index (χ1) is 13.1. The molecule has 0 fully saturated rings. The third kappa shape index (κ3) is 10.4. The number of rotatable bonds is 14. The van der Waals surface area contributed by atoms with E-state index in [0.29, 0.717) is 19.4 Å². The summed E-state index contributed by atoms with van der Waals surface area (Å²) < 4.78 is 0. The molecule has 0 aromatic carbocycles. The van der Waals surface area contributed by atoms with E-state index in [9.17, 15) is 24.0 Å². The summed E-state index contributed by atoms with van der Waals surface area (Å²) in [6.45, 7) is -1.04. The Morgan fingerprint density at radius 3 is 1.96 bits per heavy atom. The number of hydrogen-bond acceptors (Lipinski definition) is 8. The molecule has 3 unspecified atom stereocenters. The highest BCUT2D eigenvalue weighted by atomic mass is 16.4. The van der Waals surface area contributed by atoms with Gasteiger partial charge in [0.2, 0.25) is 17.7 Å². The standard InChI is InChI=1S/C15H27N5O8/c16-4-2-1-3-9(14(27)18-6-12(24)25)19-15(28)10(5-11(22)23)20-13(26)8(17)7-21/h8-10,21H,1-7,16-17H2,(H,18,27)(H,19,28)(H,20,26)(H,22,23)(H,24,25). The summed E-state index contributed by atoms with van der Waals surface area (Å²) in [5.74, 6) is -5.37. The topological polar surface area (TPSA) is 234 Å². The van der Waals surface area contributed by atoms with E-state index >= 15 is 0 Å². The van der Waals surface area contributed by atoms with Gasteiger partial charge < -0.3 is 42.7 Å². The van der Waals surface area contributed by atoms with E-state index in [1.54, 1.807) is 0 Å². The maximum absolute atomic E-state index is 12.4. The van der Waals surface area contributed by atoms with Crippen molar-refractivity contribution in [1.29, 1.82) is 0 Å². The van der Waals surface area contributed by atoms with Crippen LogP contribution in [0.5, 0.6) is 0 Å². The number of aliphatic hydroxyl groups excluding tert-OH is 1.